The zero-order chi connectivity index (χ0) is 11.4. The Labute approximate surface area is 105 Å². The highest BCUT2D eigenvalue weighted by Gasteiger charge is 2.09. The molecule has 3 heteroatoms. The smallest absolute Gasteiger partial charge is 0.136 e. The molecule has 0 N–H and O–H groups in total. The molecule has 0 saturated carbocycles. The molecule has 15 heavy (non-hydrogen) atoms. The first-order valence-electron chi connectivity index (χ1n) is 5.12. The quantitative estimate of drug-likeness (QED) is 0.784. The minimum Gasteiger partial charge on any atom is -0.490 e. The van der Waals surface area contributed by atoms with E-state index in [-0.39, 0.29) is 12.2 Å². The third-order valence-corrected chi connectivity index (χ3v) is 2.72. The van der Waals surface area contributed by atoms with Crippen molar-refractivity contribution in [2.45, 2.75) is 39.9 Å². The fourth-order valence-electron chi connectivity index (χ4n) is 1.18. The molecular weight excluding hydrogens is 303 g/mol. The Kier molecular flexibility index (Phi) is 4.70. The van der Waals surface area contributed by atoms with Gasteiger partial charge < -0.3 is 9.47 Å². The molecule has 0 amide bonds. The van der Waals surface area contributed by atoms with E-state index in [1.165, 1.54) is 0 Å². The Morgan fingerprint density at radius 3 is 1.67 bits per heavy atom. The molecule has 0 bridgehead atoms. The van der Waals surface area contributed by atoms with E-state index in [9.17, 15) is 0 Å². The van der Waals surface area contributed by atoms with Crippen molar-refractivity contribution in [3.63, 3.8) is 0 Å². The highest BCUT2D eigenvalue weighted by molar-refractivity contribution is 14.1. The summed E-state index contributed by atoms with van der Waals surface area (Å²) < 4.78 is 12.4. The largest absolute Gasteiger partial charge is 0.490 e. The van der Waals surface area contributed by atoms with Crippen molar-refractivity contribution >= 4 is 22.6 Å². The molecule has 0 saturated heterocycles. The topological polar surface area (TPSA) is 18.5 Å². The first-order valence-corrected chi connectivity index (χ1v) is 6.20. The van der Waals surface area contributed by atoms with Gasteiger partial charge in [0.25, 0.3) is 0 Å². The van der Waals surface area contributed by atoms with Gasteiger partial charge in [-0.2, -0.15) is 0 Å². The molecule has 1 rings (SSSR count). The van der Waals surface area contributed by atoms with Gasteiger partial charge in [0.05, 0.1) is 15.8 Å². The van der Waals surface area contributed by atoms with E-state index in [0.717, 1.165) is 15.1 Å². The van der Waals surface area contributed by atoms with Crippen molar-refractivity contribution < 1.29 is 9.47 Å². The number of ether oxygens (including phenoxy) is 2. The molecule has 84 valence electrons. The molecule has 0 aromatic heterocycles. The van der Waals surface area contributed by atoms with E-state index >= 15 is 0 Å². The number of halogens is 1. The third-order valence-electron chi connectivity index (χ3n) is 1.65. The SMILES string of the molecule is CC(C)Oc1cccc(OC(C)C)c1I. The summed E-state index contributed by atoms with van der Waals surface area (Å²) in [7, 11) is 0. The molecule has 0 unspecified atom stereocenters. The van der Waals surface area contributed by atoms with Gasteiger partial charge in [-0.25, -0.2) is 0 Å². The highest BCUT2D eigenvalue weighted by Crippen LogP contribution is 2.31. The summed E-state index contributed by atoms with van der Waals surface area (Å²) in [5.74, 6) is 1.78. The molecule has 0 aliphatic carbocycles. The predicted molar refractivity (Wildman–Crippen MR) is 70.7 cm³/mol. The fourth-order valence-corrected chi connectivity index (χ4v) is 1.79. The van der Waals surface area contributed by atoms with E-state index in [1.807, 2.05) is 45.9 Å². The van der Waals surface area contributed by atoms with E-state index < -0.39 is 0 Å². The summed E-state index contributed by atoms with van der Waals surface area (Å²) in [5.41, 5.74) is 0. The Morgan fingerprint density at radius 2 is 1.33 bits per heavy atom. The molecule has 1 aromatic carbocycles. The fraction of sp³-hybridized carbons (Fsp3) is 0.500. The molecule has 0 aliphatic heterocycles. The lowest BCUT2D eigenvalue weighted by Gasteiger charge is -2.16. The molecule has 0 spiro atoms. The first kappa shape index (κ1) is 12.6. The molecule has 0 aliphatic rings. The summed E-state index contributed by atoms with van der Waals surface area (Å²) in [6.07, 6.45) is 0.376. The van der Waals surface area contributed by atoms with Crippen LogP contribution in [0.1, 0.15) is 27.7 Å². The summed E-state index contributed by atoms with van der Waals surface area (Å²) >= 11 is 2.26. The van der Waals surface area contributed by atoms with E-state index in [2.05, 4.69) is 22.6 Å². The van der Waals surface area contributed by atoms with Crippen LogP contribution in [-0.4, -0.2) is 12.2 Å². The van der Waals surface area contributed by atoms with Crippen molar-refractivity contribution in [2.75, 3.05) is 0 Å². The van der Waals surface area contributed by atoms with Crippen molar-refractivity contribution in [3.8, 4) is 11.5 Å². The zero-order valence-corrected chi connectivity index (χ0v) is 11.7. The predicted octanol–water partition coefficient (Wildman–Crippen LogP) is 3.87. The van der Waals surface area contributed by atoms with Gasteiger partial charge in [-0.15, -0.1) is 0 Å². The van der Waals surface area contributed by atoms with Crippen LogP contribution in [-0.2, 0) is 0 Å². The average Bonchev–Trinajstić information content (AvgIpc) is 2.10. The average molecular weight is 320 g/mol. The summed E-state index contributed by atoms with van der Waals surface area (Å²) in [5, 5.41) is 0. The molecule has 0 atom stereocenters. The van der Waals surface area contributed by atoms with Crippen LogP contribution < -0.4 is 9.47 Å². The number of hydrogen-bond acceptors (Lipinski definition) is 2. The minimum absolute atomic E-state index is 0.188. The number of benzene rings is 1. The van der Waals surface area contributed by atoms with Crippen molar-refractivity contribution in [3.05, 3.63) is 21.8 Å². The highest BCUT2D eigenvalue weighted by atomic mass is 127. The normalized spacial score (nSPS) is 10.9. The van der Waals surface area contributed by atoms with Crippen LogP contribution in [0.3, 0.4) is 0 Å². The second-order valence-electron chi connectivity index (χ2n) is 3.90. The molecule has 0 heterocycles. The van der Waals surface area contributed by atoms with Gasteiger partial charge in [0, 0.05) is 0 Å². The van der Waals surface area contributed by atoms with Gasteiger partial charge in [0.2, 0.25) is 0 Å². The number of rotatable bonds is 4. The molecule has 0 radical (unpaired) electrons. The zero-order valence-electron chi connectivity index (χ0n) is 9.58. The van der Waals surface area contributed by atoms with Crippen LogP contribution in [0.4, 0.5) is 0 Å². The third kappa shape index (κ3) is 3.89. The van der Waals surface area contributed by atoms with Crippen LogP contribution in [0.15, 0.2) is 18.2 Å². The van der Waals surface area contributed by atoms with Crippen LogP contribution in [0.5, 0.6) is 11.5 Å². The number of hydrogen-bond donors (Lipinski definition) is 0. The van der Waals surface area contributed by atoms with Gasteiger partial charge in [0.15, 0.2) is 0 Å². The van der Waals surface area contributed by atoms with Crippen molar-refractivity contribution in [1.29, 1.82) is 0 Å². The van der Waals surface area contributed by atoms with E-state index in [1.54, 1.807) is 0 Å². The van der Waals surface area contributed by atoms with Crippen LogP contribution in [0.25, 0.3) is 0 Å². The minimum atomic E-state index is 0.188. The second kappa shape index (κ2) is 5.58. The molecule has 1 aromatic rings. The maximum atomic E-state index is 5.68. The molecule has 2 nitrogen and oxygen atoms in total. The maximum absolute atomic E-state index is 5.68. The standard InChI is InChI=1S/C12H17IO2/c1-8(2)14-10-6-5-7-11(12(10)13)15-9(3)4/h5-9H,1-4H3. The van der Waals surface area contributed by atoms with E-state index in [4.69, 9.17) is 9.47 Å². The van der Waals surface area contributed by atoms with Gasteiger partial charge in [-0.05, 0) is 62.4 Å². The van der Waals surface area contributed by atoms with Crippen molar-refractivity contribution in [1.82, 2.24) is 0 Å². The molecule has 0 fully saturated rings. The maximum Gasteiger partial charge on any atom is 0.136 e. The van der Waals surface area contributed by atoms with Crippen LogP contribution in [0, 0.1) is 3.57 Å². The first-order chi connectivity index (χ1) is 7.00. The Morgan fingerprint density at radius 1 is 0.933 bits per heavy atom. The Hall–Kier alpha value is -0.450. The summed E-state index contributed by atoms with van der Waals surface area (Å²) in [6, 6.07) is 5.89. The molecular formula is C12H17IO2. The van der Waals surface area contributed by atoms with Gasteiger partial charge >= 0.3 is 0 Å². The summed E-state index contributed by atoms with van der Waals surface area (Å²) in [6.45, 7) is 8.08. The second-order valence-corrected chi connectivity index (χ2v) is 4.98. The lowest BCUT2D eigenvalue weighted by atomic mass is 10.3. The monoisotopic (exact) mass is 320 g/mol. The summed E-state index contributed by atoms with van der Waals surface area (Å²) in [4.78, 5) is 0. The van der Waals surface area contributed by atoms with Crippen LogP contribution in [0.2, 0.25) is 0 Å². The van der Waals surface area contributed by atoms with Gasteiger partial charge in [-0.3, -0.25) is 0 Å². The Balaban J connectivity index is 2.90. The van der Waals surface area contributed by atoms with Gasteiger partial charge in [0.1, 0.15) is 11.5 Å². The van der Waals surface area contributed by atoms with Gasteiger partial charge in [-0.1, -0.05) is 6.07 Å². The lowest BCUT2D eigenvalue weighted by Crippen LogP contribution is -2.09. The Bertz CT molecular complexity index is 293. The lowest BCUT2D eigenvalue weighted by molar-refractivity contribution is 0.226. The van der Waals surface area contributed by atoms with Crippen LogP contribution >= 0.6 is 22.6 Å². The van der Waals surface area contributed by atoms with Crippen molar-refractivity contribution in [2.24, 2.45) is 0 Å². The van der Waals surface area contributed by atoms with E-state index in [0.29, 0.717) is 0 Å².